The molecule has 1 aliphatic carbocycles. The van der Waals surface area contributed by atoms with Crippen LogP contribution in [-0.4, -0.2) is 53.5 Å². The Kier molecular flexibility index (Phi) is 8.89. The van der Waals surface area contributed by atoms with Crippen molar-refractivity contribution >= 4 is 17.7 Å². The summed E-state index contributed by atoms with van der Waals surface area (Å²) in [5, 5.41) is 16.2. The van der Waals surface area contributed by atoms with Crippen molar-refractivity contribution in [2.24, 2.45) is 23.7 Å². The number of hydrogen-bond acceptors (Lipinski definition) is 4. The van der Waals surface area contributed by atoms with E-state index in [1.165, 1.54) is 0 Å². The van der Waals surface area contributed by atoms with Crippen molar-refractivity contribution < 1.29 is 19.5 Å². The number of aliphatic hydroxyl groups excluding tert-OH is 1. The van der Waals surface area contributed by atoms with Gasteiger partial charge in [0.05, 0.1) is 24.5 Å². The monoisotopic (exact) mass is 469 g/mol. The fourth-order valence-corrected chi connectivity index (χ4v) is 5.78. The van der Waals surface area contributed by atoms with Gasteiger partial charge in [-0.05, 0) is 31.2 Å². The molecule has 7 nitrogen and oxygen atoms in total. The number of carbonyl (C=O) groups is 3. The molecule has 34 heavy (non-hydrogen) atoms. The van der Waals surface area contributed by atoms with E-state index in [1.54, 1.807) is 11.9 Å². The number of hydrogen-bond donors (Lipinski definition) is 3. The predicted octanol–water partition coefficient (Wildman–Crippen LogP) is 2.82. The topological polar surface area (TPSA) is 98.7 Å². The van der Waals surface area contributed by atoms with Crippen LogP contribution in [0.4, 0.5) is 0 Å². The Morgan fingerprint density at radius 2 is 1.79 bits per heavy atom. The first kappa shape index (κ1) is 25.9. The number of likely N-dealkylation sites (tertiary alicyclic amines) is 1. The van der Waals surface area contributed by atoms with Gasteiger partial charge in [-0.25, -0.2) is 0 Å². The molecule has 0 saturated carbocycles. The summed E-state index contributed by atoms with van der Waals surface area (Å²) in [6, 6.07) is 7.81. The van der Waals surface area contributed by atoms with Crippen molar-refractivity contribution in [2.45, 2.75) is 64.6 Å². The summed E-state index contributed by atoms with van der Waals surface area (Å²) < 4.78 is 0. The van der Waals surface area contributed by atoms with Crippen LogP contribution in [0.25, 0.3) is 0 Å². The number of aliphatic hydroxyl groups is 1. The molecule has 0 aromatic heterocycles. The highest BCUT2D eigenvalue weighted by Gasteiger charge is 2.58. The lowest BCUT2D eigenvalue weighted by Gasteiger charge is -2.35. The molecule has 2 aliphatic rings. The van der Waals surface area contributed by atoms with Crippen molar-refractivity contribution in [3.05, 3.63) is 48.0 Å². The molecule has 3 rings (SSSR count). The van der Waals surface area contributed by atoms with Crippen LogP contribution in [0.15, 0.2) is 42.5 Å². The summed E-state index contributed by atoms with van der Waals surface area (Å²) in [6.45, 7) is 5.78. The molecule has 1 heterocycles. The first-order valence-corrected chi connectivity index (χ1v) is 12.6. The number of amides is 3. The fourth-order valence-electron chi connectivity index (χ4n) is 5.78. The number of allylic oxidation sites excluding steroid dienone is 1. The Labute approximate surface area is 203 Å². The van der Waals surface area contributed by atoms with Crippen molar-refractivity contribution in [2.75, 3.05) is 13.7 Å². The van der Waals surface area contributed by atoms with Gasteiger partial charge in [-0.15, -0.1) is 0 Å². The van der Waals surface area contributed by atoms with E-state index in [0.717, 1.165) is 31.2 Å². The second kappa shape index (κ2) is 11.6. The minimum absolute atomic E-state index is 0.0343. The zero-order chi connectivity index (χ0) is 24.8. The van der Waals surface area contributed by atoms with Gasteiger partial charge in [-0.2, -0.15) is 0 Å². The van der Waals surface area contributed by atoms with Crippen LogP contribution in [0.1, 0.15) is 58.1 Å². The van der Waals surface area contributed by atoms with Gasteiger partial charge < -0.3 is 20.6 Å². The molecule has 1 aliphatic heterocycles. The minimum Gasteiger partial charge on any atom is -0.394 e. The number of nitrogens with zero attached hydrogens (tertiary/aromatic N) is 1. The first-order valence-electron chi connectivity index (χ1n) is 12.6. The molecule has 3 N–H and O–H groups in total. The van der Waals surface area contributed by atoms with E-state index in [-0.39, 0.29) is 36.3 Å². The predicted molar refractivity (Wildman–Crippen MR) is 131 cm³/mol. The van der Waals surface area contributed by atoms with Crippen molar-refractivity contribution in [1.82, 2.24) is 15.5 Å². The Morgan fingerprint density at radius 3 is 2.38 bits per heavy atom. The van der Waals surface area contributed by atoms with E-state index in [1.807, 2.05) is 49.4 Å². The van der Waals surface area contributed by atoms with Crippen LogP contribution in [0, 0.1) is 23.7 Å². The van der Waals surface area contributed by atoms with Gasteiger partial charge in [-0.1, -0.05) is 69.2 Å². The van der Waals surface area contributed by atoms with E-state index < -0.39 is 29.8 Å². The highest BCUT2D eigenvalue weighted by Crippen LogP contribution is 2.47. The lowest BCUT2D eigenvalue weighted by atomic mass is 9.68. The number of carbonyl (C=O) groups excluding carboxylic acids is 3. The van der Waals surface area contributed by atoms with Gasteiger partial charge in [0.1, 0.15) is 6.04 Å². The Hall–Kier alpha value is -2.67. The van der Waals surface area contributed by atoms with Crippen LogP contribution in [-0.2, 0) is 14.4 Å². The molecule has 1 aromatic rings. The highest BCUT2D eigenvalue weighted by atomic mass is 16.3. The molecule has 1 saturated heterocycles. The molecule has 186 valence electrons. The number of fused-ring (bicyclic) bond motifs is 1. The molecule has 0 bridgehead atoms. The van der Waals surface area contributed by atoms with Crippen LogP contribution in [0.3, 0.4) is 0 Å². The largest absolute Gasteiger partial charge is 0.394 e. The molecule has 1 aromatic carbocycles. The summed E-state index contributed by atoms with van der Waals surface area (Å²) in [6.07, 6.45) is 7.43. The van der Waals surface area contributed by atoms with Crippen molar-refractivity contribution in [3.8, 4) is 0 Å². The van der Waals surface area contributed by atoms with Crippen LogP contribution in [0.5, 0.6) is 0 Å². The second-order valence-electron chi connectivity index (χ2n) is 9.58. The van der Waals surface area contributed by atoms with Gasteiger partial charge in [0.15, 0.2) is 0 Å². The van der Waals surface area contributed by atoms with Gasteiger partial charge in [0.25, 0.3) is 0 Å². The molecule has 7 atom stereocenters. The van der Waals surface area contributed by atoms with Gasteiger partial charge >= 0.3 is 0 Å². The minimum atomic E-state index is -0.792. The molecular formula is C27H39N3O4. The Morgan fingerprint density at radius 1 is 1.09 bits per heavy atom. The third kappa shape index (κ3) is 5.04. The SMILES string of the molecule is CCCC(C)NC(=O)[C@@H]1[C@H]2C=C[C@@H](CCC)[C@@H](C(=O)NC)[C@H]2C(=O)N1[C@H](CO)c1ccccc1. The van der Waals surface area contributed by atoms with Crippen molar-refractivity contribution in [3.63, 3.8) is 0 Å². The molecule has 0 radical (unpaired) electrons. The summed E-state index contributed by atoms with van der Waals surface area (Å²) in [5.41, 5.74) is 0.766. The standard InChI is InChI=1S/C27H39N3O4/c1-5-10-17(3)29-26(33)24-20-15-14-19(11-6-2)22(25(32)28-4)23(20)27(34)30(24)21(16-31)18-12-8-7-9-13-18/h7-9,12-15,17,19-24,31H,5-6,10-11,16H2,1-4H3,(H,28,32)(H,29,33)/t17?,19-,20+,21-,22-,23+,24+/m1/s1. The molecule has 3 amide bonds. The van der Waals surface area contributed by atoms with Crippen LogP contribution < -0.4 is 10.6 Å². The first-order chi connectivity index (χ1) is 16.4. The van der Waals surface area contributed by atoms with Gasteiger partial charge in [0.2, 0.25) is 17.7 Å². The molecule has 1 unspecified atom stereocenters. The van der Waals surface area contributed by atoms with E-state index in [2.05, 4.69) is 24.5 Å². The Bertz CT molecular complexity index is 887. The fraction of sp³-hybridized carbons (Fsp3) is 0.593. The zero-order valence-corrected chi connectivity index (χ0v) is 20.7. The van der Waals surface area contributed by atoms with Crippen LogP contribution >= 0.6 is 0 Å². The Balaban J connectivity index is 2.08. The number of rotatable bonds is 10. The van der Waals surface area contributed by atoms with Crippen molar-refractivity contribution in [1.29, 1.82) is 0 Å². The smallest absolute Gasteiger partial charge is 0.243 e. The summed E-state index contributed by atoms with van der Waals surface area (Å²) in [7, 11) is 1.59. The molecular weight excluding hydrogens is 430 g/mol. The van der Waals surface area contributed by atoms with E-state index in [9.17, 15) is 19.5 Å². The van der Waals surface area contributed by atoms with Crippen LogP contribution in [0.2, 0.25) is 0 Å². The lowest BCUT2D eigenvalue weighted by molar-refractivity contribution is -0.143. The number of nitrogens with one attached hydrogen (secondary N) is 2. The van der Waals surface area contributed by atoms with Gasteiger partial charge in [-0.3, -0.25) is 14.4 Å². The third-order valence-electron chi connectivity index (χ3n) is 7.29. The maximum Gasteiger partial charge on any atom is 0.243 e. The third-order valence-corrected chi connectivity index (χ3v) is 7.29. The number of benzene rings is 1. The normalized spacial score (nSPS) is 27.7. The quantitative estimate of drug-likeness (QED) is 0.459. The highest BCUT2D eigenvalue weighted by molar-refractivity contribution is 5.97. The van der Waals surface area contributed by atoms with E-state index >= 15 is 0 Å². The average Bonchev–Trinajstić information content (AvgIpc) is 3.12. The summed E-state index contributed by atoms with van der Waals surface area (Å²) >= 11 is 0. The zero-order valence-electron chi connectivity index (χ0n) is 20.7. The van der Waals surface area contributed by atoms with E-state index in [0.29, 0.717) is 0 Å². The molecule has 1 fully saturated rings. The molecule has 7 heteroatoms. The second-order valence-corrected chi connectivity index (χ2v) is 9.58. The summed E-state index contributed by atoms with van der Waals surface area (Å²) in [4.78, 5) is 42.2. The van der Waals surface area contributed by atoms with Gasteiger partial charge in [0, 0.05) is 19.0 Å². The average molecular weight is 470 g/mol. The lowest BCUT2D eigenvalue weighted by Crippen LogP contribution is -2.51. The molecule has 0 spiro atoms. The summed E-state index contributed by atoms with van der Waals surface area (Å²) in [5.74, 6) is -2.34. The van der Waals surface area contributed by atoms with E-state index in [4.69, 9.17) is 0 Å². The maximum absolute atomic E-state index is 14.0. The maximum atomic E-state index is 14.0.